The Balaban J connectivity index is 0.000000169. The molecule has 42 heavy (non-hydrogen) atoms. The smallest absolute Gasteiger partial charge is 0.161 e. The molecule has 0 atom stereocenters. The van der Waals surface area contributed by atoms with Crippen LogP contribution in [0.4, 0.5) is 20.2 Å². The standard InChI is InChI=1S/C16H16FN3O2.C15H14FN3O/c1-22-15-8-11(2-3-14(15)21)13-10-20-7-4-12(18-6-5-17)9-16(20)19-13;16-6-7-17-12-5-8-19-10-14(18-15(19)9-12)11-1-3-13(20)4-2-11/h2-4,7-10,18,21H,5-6H2,1H3;1-5,8-10,17,20H,6-7H2. The van der Waals surface area contributed by atoms with Crippen molar-refractivity contribution in [3.8, 4) is 39.8 Å². The first-order chi connectivity index (χ1) is 20.5. The zero-order valence-electron chi connectivity index (χ0n) is 22.8. The van der Waals surface area contributed by atoms with Crippen molar-refractivity contribution in [3.63, 3.8) is 0 Å². The number of imidazole rings is 2. The number of aromatic hydroxyl groups is 2. The molecule has 0 aliphatic carbocycles. The first-order valence-corrected chi connectivity index (χ1v) is 13.2. The molecule has 11 heteroatoms. The molecule has 0 spiro atoms. The molecule has 4 heterocycles. The van der Waals surface area contributed by atoms with Crippen LogP contribution in [0.2, 0.25) is 0 Å². The van der Waals surface area contributed by atoms with Crippen molar-refractivity contribution in [2.45, 2.75) is 0 Å². The predicted molar refractivity (Wildman–Crippen MR) is 160 cm³/mol. The third-order valence-corrected chi connectivity index (χ3v) is 6.41. The second kappa shape index (κ2) is 12.9. The number of phenols is 2. The summed E-state index contributed by atoms with van der Waals surface area (Å²) in [6.45, 7) is -0.253. The summed E-state index contributed by atoms with van der Waals surface area (Å²) < 4.78 is 33.3. The van der Waals surface area contributed by atoms with E-state index in [-0.39, 0.29) is 18.0 Å². The van der Waals surface area contributed by atoms with Gasteiger partial charge in [0.1, 0.15) is 30.4 Å². The average molecular weight is 573 g/mol. The maximum Gasteiger partial charge on any atom is 0.161 e. The van der Waals surface area contributed by atoms with Gasteiger partial charge in [-0.2, -0.15) is 0 Å². The van der Waals surface area contributed by atoms with Crippen molar-refractivity contribution >= 4 is 22.7 Å². The van der Waals surface area contributed by atoms with Crippen molar-refractivity contribution in [1.29, 1.82) is 0 Å². The summed E-state index contributed by atoms with van der Waals surface area (Å²) in [6.07, 6.45) is 7.55. The van der Waals surface area contributed by atoms with E-state index < -0.39 is 13.3 Å². The Morgan fingerprint density at radius 3 is 1.76 bits per heavy atom. The van der Waals surface area contributed by atoms with E-state index >= 15 is 0 Å². The van der Waals surface area contributed by atoms with E-state index in [1.807, 2.05) is 70.0 Å². The van der Waals surface area contributed by atoms with Crippen LogP contribution >= 0.6 is 0 Å². The SMILES string of the molecule is COc1cc(-c2cn3ccc(NCCF)cc3n2)ccc1O.Oc1ccc(-c2cn3ccc(NCCF)cc3n2)cc1. The predicted octanol–water partition coefficient (Wildman–Crippen LogP) is 6.19. The number of hydrogen-bond donors (Lipinski definition) is 4. The molecule has 0 bridgehead atoms. The van der Waals surface area contributed by atoms with E-state index in [0.29, 0.717) is 12.3 Å². The Kier molecular flexibility index (Phi) is 8.67. The number of phenolic OH excluding ortho intramolecular Hbond substituents is 2. The zero-order chi connectivity index (χ0) is 29.5. The van der Waals surface area contributed by atoms with Crippen molar-refractivity contribution in [2.24, 2.45) is 0 Å². The van der Waals surface area contributed by atoms with Gasteiger partial charge in [-0.3, -0.25) is 0 Å². The fourth-order valence-corrected chi connectivity index (χ4v) is 4.31. The second-order valence-corrected chi connectivity index (χ2v) is 9.28. The Morgan fingerprint density at radius 2 is 1.24 bits per heavy atom. The Hall–Kier alpha value is -5.32. The van der Waals surface area contributed by atoms with Gasteiger partial charge in [-0.05, 0) is 54.6 Å². The number of halogens is 2. The highest BCUT2D eigenvalue weighted by atomic mass is 19.1. The number of benzene rings is 2. The highest BCUT2D eigenvalue weighted by Crippen LogP contribution is 2.31. The molecule has 0 amide bonds. The van der Waals surface area contributed by atoms with Crippen molar-refractivity contribution in [1.82, 2.24) is 18.8 Å². The van der Waals surface area contributed by atoms with Gasteiger partial charge in [-0.1, -0.05) is 0 Å². The van der Waals surface area contributed by atoms with Gasteiger partial charge in [0.05, 0.1) is 18.5 Å². The maximum absolute atomic E-state index is 12.2. The van der Waals surface area contributed by atoms with Gasteiger partial charge in [-0.25, -0.2) is 18.7 Å². The number of pyridine rings is 2. The van der Waals surface area contributed by atoms with Crippen LogP contribution < -0.4 is 15.4 Å². The number of nitrogens with one attached hydrogen (secondary N) is 2. The van der Waals surface area contributed by atoms with Crippen molar-refractivity contribution in [2.75, 3.05) is 44.2 Å². The number of alkyl halides is 2. The number of nitrogens with zero attached hydrogens (tertiary/aromatic N) is 4. The van der Waals surface area contributed by atoms with Gasteiger partial charge in [0.15, 0.2) is 11.5 Å². The third-order valence-electron chi connectivity index (χ3n) is 6.41. The third kappa shape index (κ3) is 6.52. The second-order valence-electron chi connectivity index (χ2n) is 9.28. The monoisotopic (exact) mass is 572 g/mol. The molecule has 0 saturated carbocycles. The Labute approximate surface area is 240 Å². The first kappa shape index (κ1) is 28.2. The normalized spacial score (nSPS) is 10.8. The summed E-state index contributed by atoms with van der Waals surface area (Å²) in [5, 5.41) is 24.9. The lowest BCUT2D eigenvalue weighted by molar-refractivity contribution is 0.373. The molecular formula is C31H30F2N6O3. The number of rotatable bonds is 9. The average Bonchev–Trinajstić information content (AvgIpc) is 3.64. The van der Waals surface area contributed by atoms with Crippen LogP contribution in [-0.2, 0) is 0 Å². The van der Waals surface area contributed by atoms with Crippen LogP contribution in [0.5, 0.6) is 17.2 Å². The van der Waals surface area contributed by atoms with Crippen LogP contribution in [0.15, 0.2) is 91.5 Å². The lowest BCUT2D eigenvalue weighted by Gasteiger charge is -2.04. The van der Waals surface area contributed by atoms with Crippen LogP contribution in [0.25, 0.3) is 33.8 Å². The number of hydrogen-bond acceptors (Lipinski definition) is 7. The largest absolute Gasteiger partial charge is 0.508 e. The maximum atomic E-state index is 12.2. The van der Waals surface area contributed by atoms with E-state index in [0.717, 1.165) is 45.2 Å². The summed E-state index contributed by atoms with van der Waals surface area (Å²) >= 11 is 0. The fraction of sp³-hybridized carbons (Fsp3) is 0.161. The lowest BCUT2D eigenvalue weighted by Crippen LogP contribution is -2.02. The molecule has 0 unspecified atom stereocenters. The summed E-state index contributed by atoms with van der Waals surface area (Å²) in [7, 11) is 1.51. The molecule has 0 fully saturated rings. The Bertz CT molecular complexity index is 1790. The molecule has 0 aliphatic rings. The van der Waals surface area contributed by atoms with Crippen LogP contribution in [0.3, 0.4) is 0 Å². The first-order valence-electron chi connectivity index (χ1n) is 13.2. The van der Waals surface area contributed by atoms with E-state index in [1.54, 1.807) is 30.3 Å². The summed E-state index contributed by atoms with van der Waals surface area (Å²) in [5.41, 5.74) is 6.58. The summed E-state index contributed by atoms with van der Waals surface area (Å²) in [6, 6.07) is 19.5. The van der Waals surface area contributed by atoms with Crippen LogP contribution in [0, 0.1) is 0 Å². The van der Waals surface area contributed by atoms with Gasteiger partial charge in [0, 0.05) is 72.5 Å². The zero-order valence-corrected chi connectivity index (χ0v) is 22.8. The van der Waals surface area contributed by atoms with Gasteiger partial charge in [-0.15, -0.1) is 0 Å². The molecule has 0 saturated heterocycles. The van der Waals surface area contributed by atoms with Crippen LogP contribution in [-0.4, -0.2) is 62.5 Å². The number of anilines is 2. The number of fused-ring (bicyclic) bond motifs is 2. The highest BCUT2D eigenvalue weighted by Gasteiger charge is 2.09. The van der Waals surface area contributed by atoms with Gasteiger partial charge in [0.25, 0.3) is 0 Å². The van der Waals surface area contributed by atoms with Gasteiger partial charge >= 0.3 is 0 Å². The number of aromatic nitrogens is 4. The molecular weight excluding hydrogens is 542 g/mol. The molecule has 0 aliphatic heterocycles. The molecule has 2 aromatic carbocycles. The van der Waals surface area contributed by atoms with E-state index in [4.69, 9.17) is 4.74 Å². The minimum absolute atomic E-state index is 0.0905. The van der Waals surface area contributed by atoms with Crippen molar-refractivity contribution in [3.05, 3.63) is 91.5 Å². The van der Waals surface area contributed by atoms with Crippen molar-refractivity contribution < 1.29 is 23.7 Å². The quantitative estimate of drug-likeness (QED) is 0.164. The summed E-state index contributed by atoms with van der Waals surface area (Å²) in [5.74, 6) is 0.725. The van der Waals surface area contributed by atoms with E-state index in [9.17, 15) is 19.0 Å². The lowest BCUT2D eigenvalue weighted by atomic mass is 10.1. The van der Waals surface area contributed by atoms with Crippen LogP contribution in [0.1, 0.15) is 0 Å². The Morgan fingerprint density at radius 1 is 0.714 bits per heavy atom. The molecule has 4 N–H and O–H groups in total. The molecule has 0 radical (unpaired) electrons. The van der Waals surface area contributed by atoms with Gasteiger partial charge in [0.2, 0.25) is 0 Å². The van der Waals surface area contributed by atoms with Gasteiger partial charge < -0.3 is 34.4 Å². The molecule has 6 aromatic rings. The number of ether oxygens (including phenoxy) is 1. The highest BCUT2D eigenvalue weighted by molar-refractivity contribution is 5.68. The summed E-state index contributed by atoms with van der Waals surface area (Å²) in [4.78, 5) is 9.08. The molecule has 216 valence electrons. The minimum atomic E-state index is -0.418. The topological polar surface area (TPSA) is 108 Å². The fourth-order valence-electron chi connectivity index (χ4n) is 4.31. The van der Waals surface area contributed by atoms with E-state index in [2.05, 4.69) is 20.6 Å². The molecule has 4 aromatic heterocycles. The molecule has 6 rings (SSSR count). The number of methoxy groups -OCH3 is 1. The van der Waals surface area contributed by atoms with E-state index in [1.165, 1.54) is 7.11 Å². The minimum Gasteiger partial charge on any atom is -0.508 e. The molecule has 9 nitrogen and oxygen atoms in total.